The number of hydroxylamine groups is 2. The largest absolute Gasteiger partial charge is 0.372 e. The van der Waals surface area contributed by atoms with Gasteiger partial charge in [0.05, 0.1) is 22.1 Å². The molecule has 0 bridgehead atoms. The molecule has 0 unspecified atom stereocenters. The number of anilines is 1. The Morgan fingerprint density at radius 2 is 1.93 bits per heavy atom. The van der Waals surface area contributed by atoms with E-state index in [1.807, 2.05) is 37.4 Å². The van der Waals surface area contributed by atoms with Gasteiger partial charge in [-0.25, -0.2) is 10.1 Å². The maximum Gasteiger partial charge on any atom is 0.149 e. The summed E-state index contributed by atoms with van der Waals surface area (Å²) in [4.78, 5) is 10.6. The standard InChI is InChI=1S/C22H31N5OS/c1-6-7-9-14-27(28)21(17(2)23-4)19-15-20(29-16-19)25-22(24-5)18(3)26-12-10-8-11-13-26/h6-7,9,14-16,25,28H,4-5,8,10-13H2,1-3H3/b7-6-,14-9-,21-17-,22-18+. The fourth-order valence-corrected chi connectivity index (χ4v) is 3.95. The third-order valence-electron chi connectivity index (χ3n) is 4.79. The number of hydrogen-bond acceptors (Lipinski definition) is 7. The molecule has 29 heavy (non-hydrogen) atoms. The van der Waals surface area contributed by atoms with Crippen molar-refractivity contribution in [2.75, 3.05) is 18.4 Å². The van der Waals surface area contributed by atoms with Crippen molar-refractivity contribution in [3.63, 3.8) is 0 Å². The molecule has 1 fully saturated rings. The van der Waals surface area contributed by atoms with Gasteiger partial charge in [0, 0.05) is 30.2 Å². The number of thiophene rings is 1. The molecule has 156 valence electrons. The first-order chi connectivity index (χ1) is 14.0. The van der Waals surface area contributed by atoms with Crippen molar-refractivity contribution in [3.05, 3.63) is 58.7 Å². The average molecular weight is 414 g/mol. The Labute approximate surface area is 177 Å². The molecule has 1 saturated heterocycles. The van der Waals surface area contributed by atoms with Gasteiger partial charge in [0.15, 0.2) is 0 Å². The van der Waals surface area contributed by atoms with Gasteiger partial charge in [-0.1, -0.05) is 12.2 Å². The molecule has 0 radical (unpaired) electrons. The van der Waals surface area contributed by atoms with Crippen LogP contribution in [0.15, 0.2) is 63.1 Å². The molecular weight excluding hydrogens is 382 g/mol. The van der Waals surface area contributed by atoms with Crippen LogP contribution in [-0.2, 0) is 0 Å². The molecule has 0 spiro atoms. The molecule has 0 saturated carbocycles. The minimum Gasteiger partial charge on any atom is -0.372 e. The van der Waals surface area contributed by atoms with E-state index in [0.717, 1.165) is 40.2 Å². The molecular formula is C22H31N5OS. The van der Waals surface area contributed by atoms with Gasteiger partial charge in [-0.3, -0.25) is 10.2 Å². The molecule has 0 amide bonds. The summed E-state index contributed by atoms with van der Waals surface area (Å²) in [5, 5.41) is 17.8. The summed E-state index contributed by atoms with van der Waals surface area (Å²) in [6.45, 7) is 15.3. The molecule has 0 aromatic carbocycles. The van der Waals surface area contributed by atoms with Crippen molar-refractivity contribution in [1.82, 2.24) is 9.96 Å². The summed E-state index contributed by atoms with van der Waals surface area (Å²) >= 11 is 1.54. The molecule has 2 heterocycles. The summed E-state index contributed by atoms with van der Waals surface area (Å²) in [7, 11) is 0. The Kier molecular flexibility index (Phi) is 8.89. The number of hydrogen-bond donors (Lipinski definition) is 2. The van der Waals surface area contributed by atoms with Crippen molar-refractivity contribution in [2.45, 2.75) is 40.0 Å². The van der Waals surface area contributed by atoms with Crippen LogP contribution in [0.2, 0.25) is 0 Å². The summed E-state index contributed by atoms with van der Waals surface area (Å²) in [5.41, 5.74) is 3.15. The maximum atomic E-state index is 10.5. The second-order valence-electron chi connectivity index (χ2n) is 6.77. The molecule has 1 aromatic heterocycles. The lowest BCUT2D eigenvalue weighted by Gasteiger charge is -2.30. The fraction of sp³-hybridized carbons (Fsp3) is 0.364. The smallest absolute Gasteiger partial charge is 0.149 e. The topological polar surface area (TPSA) is 63.5 Å². The van der Waals surface area contributed by atoms with Crippen LogP contribution in [0.4, 0.5) is 5.00 Å². The van der Waals surface area contributed by atoms with Crippen molar-refractivity contribution in [3.8, 4) is 0 Å². The van der Waals surface area contributed by atoms with Crippen molar-refractivity contribution in [2.24, 2.45) is 9.98 Å². The van der Waals surface area contributed by atoms with Crippen LogP contribution in [0.3, 0.4) is 0 Å². The monoisotopic (exact) mass is 413 g/mol. The van der Waals surface area contributed by atoms with Crippen LogP contribution in [0.5, 0.6) is 0 Å². The first-order valence-corrected chi connectivity index (χ1v) is 10.6. The van der Waals surface area contributed by atoms with Crippen LogP contribution in [0.1, 0.15) is 45.6 Å². The highest BCUT2D eigenvalue weighted by Gasteiger charge is 2.16. The predicted octanol–water partition coefficient (Wildman–Crippen LogP) is 5.71. The van der Waals surface area contributed by atoms with E-state index >= 15 is 0 Å². The molecule has 6 nitrogen and oxygen atoms in total. The molecule has 7 heteroatoms. The van der Waals surface area contributed by atoms with Gasteiger partial charge in [-0.2, -0.15) is 0 Å². The van der Waals surface area contributed by atoms with Crippen molar-refractivity contribution in [1.29, 1.82) is 0 Å². The lowest BCUT2D eigenvalue weighted by atomic mass is 10.1. The Bertz CT molecular complexity index is 828. The highest BCUT2D eigenvalue weighted by Crippen LogP contribution is 2.31. The third kappa shape index (κ3) is 6.17. The van der Waals surface area contributed by atoms with E-state index in [1.165, 1.54) is 30.6 Å². The zero-order chi connectivity index (χ0) is 21.2. The van der Waals surface area contributed by atoms with Crippen LogP contribution < -0.4 is 5.32 Å². The predicted molar refractivity (Wildman–Crippen MR) is 125 cm³/mol. The zero-order valence-electron chi connectivity index (χ0n) is 17.6. The fourth-order valence-electron chi connectivity index (χ4n) is 3.16. The van der Waals surface area contributed by atoms with Crippen LogP contribution in [0.25, 0.3) is 5.70 Å². The van der Waals surface area contributed by atoms with Crippen LogP contribution in [0, 0.1) is 0 Å². The van der Waals surface area contributed by atoms with E-state index in [2.05, 4.69) is 40.6 Å². The highest BCUT2D eigenvalue weighted by molar-refractivity contribution is 7.14. The lowest BCUT2D eigenvalue weighted by molar-refractivity contribution is 0.0242. The third-order valence-corrected chi connectivity index (χ3v) is 5.63. The molecule has 1 aliphatic heterocycles. The van der Waals surface area contributed by atoms with Gasteiger partial charge < -0.3 is 10.2 Å². The molecule has 1 aliphatic rings. The van der Waals surface area contributed by atoms with Crippen LogP contribution >= 0.6 is 11.3 Å². The number of nitrogens with zero attached hydrogens (tertiary/aromatic N) is 4. The molecule has 0 atom stereocenters. The van der Waals surface area contributed by atoms with Gasteiger partial charge in [0.2, 0.25) is 0 Å². The van der Waals surface area contributed by atoms with Gasteiger partial charge >= 0.3 is 0 Å². The number of nitrogens with one attached hydrogen (secondary N) is 1. The minimum atomic E-state index is 0.579. The van der Waals surface area contributed by atoms with Gasteiger partial charge in [-0.05, 0) is 65.6 Å². The SMILES string of the molecule is C=N/C(C)=C(/c1csc(N/C(N=C)=C(\C)N2CCCCC2)c1)N(O)/C=C\C=C/C. The molecule has 2 rings (SSSR count). The molecule has 0 aliphatic carbocycles. The summed E-state index contributed by atoms with van der Waals surface area (Å²) < 4.78 is 0. The van der Waals surface area contributed by atoms with Gasteiger partial charge in [0.25, 0.3) is 0 Å². The average Bonchev–Trinajstić information content (AvgIpc) is 3.20. The van der Waals surface area contributed by atoms with E-state index in [9.17, 15) is 5.21 Å². The van der Waals surface area contributed by atoms with E-state index in [4.69, 9.17) is 0 Å². The summed E-state index contributed by atoms with van der Waals surface area (Å²) in [5.74, 6) is 0.762. The Balaban J connectivity index is 2.26. The first-order valence-electron chi connectivity index (χ1n) is 9.75. The number of piperidine rings is 1. The Morgan fingerprint density at radius 1 is 1.21 bits per heavy atom. The second-order valence-corrected chi connectivity index (χ2v) is 7.68. The molecule has 1 aromatic rings. The molecule has 2 N–H and O–H groups in total. The number of likely N-dealkylation sites (tertiary alicyclic amines) is 1. The van der Waals surface area contributed by atoms with Crippen molar-refractivity contribution < 1.29 is 5.21 Å². The summed E-state index contributed by atoms with van der Waals surface area (Å²) in [6, 6.07) is 1.97. The summed E-state index contributed by atoms with van der Waals surface area (Å²) in [6.07, 6.45) is 10.8. The number of allylic oxidation sites excluding steroid dienone is 5. The van der Waals surface area contributed by atoms with E-state index in [0.29, 0.717) is 11.4 Å². The lowest BCUT2D eigenvalue weighted by Crippen LogP contribution is -2.29. The maximum absolute atomic E-state index is 10.5. The second kappa shape index (κ2) is 11.4. The Hall–Kier alpha value is -2.64. The quantitative estimate of drug-likeness (QED) is 0.309. The van der Waals surface area contributed by atoms with Gasteiger partial charge in [0.1, 0.15) is 5.82 Å². The normalized spacial score (nSPS) is 16.6. The van der Waals surface area contributed by atoms with E-state index in [1.54, 1.807) is 12.3 Å². The first kappa shape index (κ1) is 22.6. The van der Waals surface area contributed by atoms with Crippen LogP contribution in [-0.4, -0.2) is 41.7 Å². The van der Waals surface area contributed by atoms with E-state index in [-0.39, 0.29) is 0 Å². The number of aliphatic imine (C=N–C) groups is 2. The van der Waals surface area contributed by atoms with Gasteiger partial charge in [-0.15, -0.1) is 11.3 Å². The Morgan fingerprint density at radius 3 is 2.55 bits per heavy atom. The highest BCUT2D eigenvalue weighted by atomic mass is 32.1. The zero-order valence-corrected chi connectivity index (χ0v) is 18.4. The van der Waals surface area contributed by atoms with Crippen molar-refractivity contribution >= 4 is 35.5 Å². The number of rotatable bonds is 9. The van der Waals surface area contributed by atoms with E-state index < -0.39 is 0 Å². The minimum absolute atomic E-state index is 0.579.